The van der Waals surface area contributed by atoms with E-state index in [0.717, 1.165) is 0 Å². The Kier molecular flexibility index (Phi) is 3.16. The molecule has 0 aliphatic rings. The fraction of sp³-hybridized carbons (Fsp3) is 0.364. The number of nitrogens with zero attached hydrogens (tertiary/aromatic N) is 1. The molecule has 1 heterocycles. The second-order valence-corrected chi connectivity index (χ2v) is 6.12. The Morgan fingerprint density at radius 3 is 2.39 bits per heavy atom. The molecule has 0 amide bonds. The number of methoxy groups -OCH3 is 2. The van der Waals surface area contributed by atoms with Gasteiger partial charge in [0.05, 0.1) is 25.3 Å². The van der Waals surface area contributed by atoms with Gasteiger partial charge in [-0.2, -0.15) is 0 Å². The molecule has 18 heavy (non-hydrogen) atoms. The molecule has 0 unspecified atom stereocenters. The van der Waals surface area contributed by atoms with E-state index in [9.17, 15) is 8.42 Å². The van der Waals surface area contributed by atoms with Crippen LogP contribution in [0.2, 0.25) is 0 Å². The lowest BCUT2D eigenvalue weighted by Gasteiger charge is -2.06. The van der Waals surface area contributed by atoms with Crippen LogP contribution in [0.1, 0.15) is 5.82 Å². The van der Waals surface area contributed by atoms with Crippen LogP contribution in [0.15, 0.2) is 12.1 Å². The summed E-state index contributed by atoms with van der Waals surface area (Å²) < 4.78 is 32.7. The third-order valence-corrected chi connectivity index (χ3v) is 3.23. The molecule has 6 nitrogen and oxygen atoms in total. The number of fused-ring (bicyclic) bond motifs is 1. The molecule has 1 aromatic heterocycles. The van der Waals surface area contributed by atoms with E-state index >= 15 is 0 Å². The zero-order chi connectivity index (χ0) is 13.3. The third-order valence-electron chi connectivity index (χ3n) is 2.44. The first-order valence-electron chi connectivity index (χ1n) is 5.21. The summed E-state index contributed by atoms with van der Waals surface area (Å²) in [4.78, 5) is 7.16. The van der Waals surface area contributed by atoms with E-state index in [1.54, 1.807) is 12.1 Å². The van der Waals surface area contributed by atoms with Crippen LogP contribution < -0.4 is 9.47 Å². The fourth-order valence-corrected chi connectivity index (χ4v) is 2.34. The van der Waals surface area contributed by atoms with Gasteiger partial charge in [0.2, 0.25) is 0 Å². The second-order valence-electron chi connectivity index (χ2n) is 3.98. The highest BCUT2D eigenvalue weighted by Gasteiger charge is 2.12. The number of aromatic amines is 1. The van der Waals surface area contributed by atoms with Gasteiger partial charge < -0.3 is 14.5 Å². The molecule has 0 radical (unpaired) electrons. The lowest BCUT2D eigenvalue weighted by atomic mass is 10.3. The summed E-state index contributed by atoms with van der Waals surface area (Å²) in [7, 11) is -0.0378. The van der Waals surface area contributed by atoms with Gasteiger partial charge in [-0.25, -0.2) is 13.4 Å². The number of aromatic nitrogens is 2. The molecule has 0 atom stereocenters. The van der Waals surface area contributed by atoms with Crippen LogP contribution in [-0.4, -0.2) is 38.9 Å². The number of H-pyrrole nitrogens is 1. The van der Waals surface area contributed by atoms with Gasteiger partial charge in [0.15, 0.2) is 21.3 Å². The fourth-order valence-electron chi connectivity index (χ4n) is 1.71. The minimum Gasteiger partial charge on any atom is -0.493 e. The van der Waals surface area contributed by atoms with E-state index in [1.165, 1.54) is 20.5 Å². The minimum atomic E-state index is -3.11. The molecule has 0 aliphatic carbocycles. The number of hydrogen-bond acceptors (Lipinski definition) is 5. The van der Waals surface area contributed by atoms with E-state index in [0.29, 0.717) is 28.4 Å². The zero-order valence-corrected chi connectivity index (χ0v) is 11.2. The van der Waals surface area contributed by atoms with E-state index in [4.69, 9.17) is 9.47 Å². The average Bonchev–Trinajstić information content (AvgIpc) is 2.65. The molecule has 98 valence electrons. The predicted molar refractivity (Wildman–Crippen MR) is 67.7 cm³/mol. The molecule has 1 N–H and O–H groups in total. The molecule has 7 heteroatoms. The lowest BCUT2D eigenvalue weighted by molar-refractivity contribution is 0.356. The Morgan fingerprint density at radius 1 is 1.22 bits per heavy atom. The van der Waals surface area contributed by atoms with E-state index < -0.39 is 9.84 Å². The van der Waals surface area contributed by atoms with Crippen LogP contribution >= 0.6 is 0 Å². The number of sulfone groups is 1. The molecular weight excluding hydrogens is 256 g/mol. The summed E-state index contributed by atoms with van der Waals surface area (Å²) in [6.07, 6.45) is 1.17. The Morgan fingerprint density at radius 2 is 1.83 bits per heavy atom. The highest BCUT2D eigenvalue weighted by Crippen LogP contribution is 2.31. The standard InChI is InChI=1S/C11H14N2O4S/c1-16-9-4-7-8(5-10(9)17-2)13-11(12-7)6-18(3,14)15/h4-5H,6H2,1-3H3,(H,12,13). The Bertz CT molecular complexity index is 635. The molecule has 2 aromatic rings. The Labute approximate surface area is 105 Å². The van der Waals surface area contributed by atoms with Gasteiger partial charge in [0.25, 0.3) is 0 Å². The van der Waals surface area contributed by atoms with Crippen molar-refractivity contribution in [3.05, 3.63) is 18.0 Å². The summed E-state index contributed by atoms with van der Waals surface area (Å²) >= 11 is 0. The van der Waals surface area contributed by atoms with Crippen LogP contribution in [0.25, 0.3) is 11.0 Å². The smallest absolute Gasteiger partial charge is 0.163 e. The van der Waals surface area contributed by atoms with Gasteiger partial charge in [-0.15, -0.1) is 0 Å². The summed E-state index contributed by atoms with van der Waals surface area (Å²) in [5, 5.41) is 0. The first-order chi connectivity index (χ1) is 8.43. The van der Waals surface area contributed by atoms with Crippen LogP contribution in [0, 0.1) is 0 Å². The molecule has 0 spiro atoms. The van der Waals surface area contributed by atoms with Gasteiger partial charge in [-0.3, -0.25) is 0 Å². The monoisotopic (exact) mass is 270 g/mol. The second kappa shape index (κ2) is 4.49. The summed E-state index contributed by atoms with van der Waals surface area (Å²) in [6, 6.07) is 3.43. The topological polar surface area (TPSA) is 81.3 Å². The number of hydrogen-bond donors (Lipinski definition) is 1. The molecule has 2 rings (SSSR count). The van der Waals surface area contributed by atoms with Crippen molar-refractivity contribution in [1.29, 1.82) is 0 Å². The van der Waals surface area contributed by atoms with Crippen molar-refractivity contribution in [1.82, 2.24) is 9.97 Å². The summed E-state index contributed by atoms with van der Waals surface area (Å²) in [6.45, 7) is 0. The molecule has 0 saturated carbocycles. The van der Waals surface area contributed by atoms with E-state index in [-0.39, 0.29) is 5.75 Å². The highest BCUT2D eigenvalue weighted by molar-refractivity contribution is 7.89. The summed E-state index contributed by atoms with van der Waals surface area (Å²) in [5.41, 5.74) is 1.36. The van der Waals surface area contributed by atoms with Gasteiger partial charge in [0.1, 0.15) is 11.6 Å². The Hall–Kier alpha value is -1.76. The van der Waals surface area contributed by atoms with Crippen LogP contribution in [-0.2, 0) is 15.6 Å². The van der Waals surface area contributed by atoms with Crippen LogP contribution in [0.4, 0.5) is 0 Å². The highest BCUT2D eigenvalue weighted by atomic mass is 32.2. The van der Waals surface area contributed by atoms with Crippen LogP contribution in [0.5, 0.6) is 11.5 Å². The van der Waals surface area contributed by atoms with Gasteiger partial charge in [0, 0.05) is 18.4 Å². The molecule has 1 aromatic carbocycles. The maximum atomic E-state index is 11.2. The van der Waals surface area contributed by atoms with Gasteiger partial charge in [-0.1, -0.05) is 0 Å². The normalized spacial score (nSPS) is 11.7. The Balaban J connectivity index is 2.51. The van der Waals surface area contributed by atoms with Crippen molar-refractivity contribution in [3.8, 4) is 11.5 Å². The molecule has 0 bridgehead atoms. The minimum absolute atomic E-state index is 0.119. The van der Waals surface area contributed by atoms with Crippen molar-refractivity contribution >= 4 is 20.9 Å². The first-order valence-corrected chi connectivity index (χ1v) is 7.27. The quantitative estimate of drug-likeness (QED) is 0.900. The van der Waals surface area contributed by atoms with Crippen molar-refractivity contribution in [2.45, 2.75) is 5.75 Å². The number of benzene rings is 1. The number of ether oxygens (including phenoxy) is 2. The third kappa shape index (κ3) is 2.56. The SMILES string of the molecule is COc1cc2nc(CS(C)(=O)=O)[nH]c2cc1OC. The zero-order valence-electron chi connectivity index (χ0n) is 10.4. The lowest BCUT2D eigenvalue weighted by Crippen LogP contribution is -2.01. The maximum Gasteiger partial charge on any atom is 0.163 e. The number of nitrogens with one attached hydrogen (secondary N) is 1. The van der Waals surface area contributed by atoms with Crippen molar-refractivity contribution < 1.29 is 17.9 Å². The van der Waals surface area contributed by atoms with Crippen LogP contribution in [0.3, 0.4) is 0 Å². The van der Waals surface area contributed by atoms with Crippen molar-refractivity contribution in [2.75, 3.05) is 20.5 Å². The van der Waals surface area contributed by atoms with E-state index in [2.05, 4.69) is 9.97 Å². The number of imidazole rings is 1. The summed E-state index contributed by atoms with van der Waals surface area (Å²) in [5.74, 6) is 1.41. The number of rotatable bonds is 4. The van der Waals surface area contributed by atoms with Crippen molar-refractivity contribution in [3.63, 3.8) is 0 Å². The molecular formula is C11H14N2O4S. The van der Waals surface area contributed by atoms with Crippen molar-refractivity contribution in [2.24, 2.45) is 0 Å². The largest absolute Gasteiger partial charge is 0.493 e. The van der Waals surface area contributed by atoms with E-state index in [1.807, 2.05) is 0 Å². The predicted octanol–water partition coefficient (Wildman–Crippen LogP) is 1.12. The molecule has 0 saturated heterocycles. The molecule has 0 aliphatic heterocycles. The molecule has 0 fully saturated rings. The average molecular weight is 270 g/mol. The van der Waals surface area contributed by atoms with Gasteiger partial charge >= 0.3 is 0 Å². The van der Waals surface area contributed by atoms with Gasteiger partial charge in [-0.05, 0) is 0 Å². The first kappa shape index (κ1) is 12.7. The maximum absolute atomic E-state index is 11.2.